The highest BCUT2D eigenvalue weighted by Gasteiger charge is 2.08. The topological polar surface area (TPSA) is 35.8 Å². The summed E-state index contributed by atoms with van der Waals surface area (Å²) in [5, 5.41) is 12.7. The summed E-state index contributed by atoms with van der Waals surface area (Å²) < 4.78 is 0. The second-order valence-electron chi connectivity index (χ2n) is 2.55. The molecule has 1 N–H and O–H groups in total. The van der Waals surface area contributed by atoms with Crippen LogP contribution in [0.5, 0.6) is 0 Å². The highest BCUT2D eigenvalue weighted by molar-refractivity contribution is 6.34. The quantitative estimate of drug-likeness (QED) is 0.823. The molecule has 0 saturated carbocycles. The minimum Gasteiger partial charge on any atom is -0.301 e. The Bertz CT molecular complexity index is 324. The highest BCUT2D eigenvalue weighted by atomic mass is 35.5. The zero-order valence-electron chi connectivity index (χ0n) is 7.01. The Morgan fingerprint density at radius 1 is 1.31 bits per heavy atom. The summed E-state index contributed by atoms with van der Waals surface area (Å²) in [6, 6.07) is 6.81. The van der Waals surface area contributed by atoms with Crippen LogP contribution in [0.15, 0.2) is 18.2 Å². The number of hydrogen-bond acceptors (Lipinski definition) is 2. The van der Waals surface area contributed by atoms with Crippen LogP contribution >= 0.6 is 23.2 Å². The fourth-order valence-electron chi connectivity index (χ4n) is 1.05. The molecule has 1 unspecified atom stereocenters. The molecule has 0 heterocycles. The molecule has 0 aliphatic heterocycles. The van der Waals surface area contributed by atoms with Crippen LogP contribution in [-0.4, -0.2) is 7.05 Å². The maximum Gasteiger partial charge on any atom is 0.121 e. The van der Waals surface area contributed by atoms with Gasteiger partial charge in [-0.15, -0.1) is 0 Å². The van der Waals surface area contributed by atoms with Crippen molar-refractivity contribution in [3.63, 3.8) is 0 Å². The lowest BCUT2D eigenvalue weighted by atomic mass is 10.1. The molecule has 0 radical (unpaired) electrons. The van der Waals surface area contributed by atoms with E-state index in [1.807, 2.05) is 0 Å². The van der Waals surface area contributed by atoms with E-state index in [0.717, 1.165) is 5.56 Å². The second kappa shape index (κ2) is 4.48. The monoisotopic (exact) mass is 214 g/mol. The summed E-state index contributed by atoms with van der Waals surface area (Å²) in [7, 11) is 1.71. The van der Waals surface area contributed by atoms with Gasteiger partial charge >= 0.3 is 0 Å². The Labute approximate surface area is 87.1 Å². The van der Waals surface area contributed by atoms with Gasteiger partial charge in [0.25, 0.3) is 0 Å². The molecule has 13 heavy (non-hydrogen) atoms. The van der Waals surface area contributed by atoms with E-state index in [1.165, 1.54) is 0 Å². The summed E-state index contributed by atoms with van der Waals surface area (Å²) >= 11 is 11.6. The van der Waals surface area contributed by atoms with Gasteiger partial charge < -0.3 is 5.32 Å². The fourth-order valence-corrected chi connectivity index (χ4v) is 1.59. The molecular formula is C9H8Cl2N2. The first-order chi connectivity index (χ1) is 6.17. The zero-order valence-corrected chi connectivity index (χ0v) is 8.52. The SMILES string of the molecule is CNC(C#N)c1cc(Cl)cc(Cl)c1. The lowest BCUT2D eigenvalue weighted by molar-refractivity contribution is 0.727. The van der Waals surface area contributed by atoms with E-state index in [2.05, 4.69) is 11.4 Å². The summed E-state index contributed by atoms with van der Waals surface area (Å²) in [4.78, 5) is 0. The maximum atomic E-state index is 8.76. The number of nitriles is 1. The van der Waals surface area contributed by atoms with Crippen molar-refractivity contribution in [2.75, 3.05) is 7.05 Å². The third-order valence-corrected chi connectivity index (χ3v) is 2.07. The first kappa shape index (κ1) is 10.3. The van der Waals surface area contributed by atoms with Crippen molar-refractivity contribution in [3.05, 3.63) is 33.8 Å². The Balaban J connectivity index is 3.08. The molecule has 0 amide bonds. The zero-order chi connectivity index (χ0) is 9.84. The van der Waals surface area contributed by atoms with Crippen LogP contribution < -0.4 is 5.32 Å². The summed E-state index contributed by atoms with van der Waals surface area (Å²) in [5.74, 6) is 0. The predicted octanol–water partition coefficient (Wildman–Crippen LogP) is 2.78. The van der Waals surface area contributed by atoms with Crippen LogP contribution in [0.4, 0.5) is 0 Å². The van der Waals surface area contributed by atoms with Crippen molar-refractivity contribution >= 4 is 23.2 Å². The smallest absolute Gasteiger partial charge is 0.121 e. The Kier molecular flexibility index (Phi) is 3.56. The Morgan fingerprint density at radius 2 is 1.85 bits per heavy atom. The van der Waals surface area contributed by atoms with Gasteiger partial charge in [-0.05, 0) is 30.8 Å². The first-order valence-corrected chi connectivity index (χ1v) is 4.46. The maximum absolute atomic E-state index is 8.76. The average Bonchev–Trinajstić information content (AvgIpc) is 2.04. The molecule has 1 aromatic rings. The number of hydrogen-bond donors (Lipinski definition) is 1. The van der Waals surface area contributed by atoms with Crippen LogP contribution in [-0.2, 0) is 0 Å². The Morgan fingerprint density at radius 3 is 2.23 bits per heavy atom. The first-order valence-electron chi connectivity index (χ1n) is 3.70. The van der Waals surface area contributed by atoms with Crippen LogP contribution in [0, 0.1) is 11.3 Å². The molecule has 0 aliphatic rings. The van der Waals surface area contributed by atoms with E-state index < -0.39 is 0 Å². The van der Waals surface area contributed by atoms with Crippen LogP contribution in [0.1, 0.15) is 11.6 Å². The van der Waals surface area contributed by atoms with Gasteiger partial charge in [-0.25, -0.2) is 0 Å². The van der Waals surface area contributed by atoms with E-state index in [1.54, 1.807) is 25.2 Å². The van der Waals surface area contributed by atoms with E-state index >= 15 is 0 Å². The highest BCUT2D eigenvalue weighted by Crippen LogP contribution is 2.22. The van der Waals surface area contributed by atoms with Gasteiger partial charge in [0.15, 0.2) is 0 Å². The van der Waals surface area contributed by atoms with Crippen molar-refractivity contribution in [1.29, 1.82) is 5.26 Å². The standard InChI is InChI=1S/C9H8Cl2N2/c1-13-9(5-12)6-2-7(10)4-8(11)3-6/h2-4,9,13H,1H3. The lowest BCUT2D eigenvalue weighted by Gasteiger charge is -2.08. The summed E-state index contributed by atoms with van der Waals surface area (Å²) in [6.45, 7) is 0. The number of rotatable bonds is 2. The molecule has 0 aromatic heterocycles. The van der Waals surface area contributed by atoms with Gasteiger partial charge in [-0.2, -0.15) is 5.26 Å². The Hall–Kier alpha value is -0.750. The summed E-state index contributed by atoms with van der Waals surface area (Å²) in [5.41, 5.74) is 0.780. The van der Waals surface area contributed by atoms with Gasteiger partial charge in [-0.3, -0.25) is 0 Å². The van der Waals surface area contributed by atoms with Crippen LogP contribution in [0.3, 0.4) is 0 Å². The van der Waals surface area contributed by atoms with Crippen LogP contribution in [0.25, 0.3) is 0 Å². The number of benzene rings is 1. The van der Waals surface area contributed by atoms with Crippen molar-refractivity contribution in [2.24, 2.45) is 0 Å². The second-order valence-corrected chi connectivity index (χ2v) is 3.43. The van der Waals surface area contributed by atoms with Gasteiger partial charge in [0.1, 0.15) is 6.04 Å². The molecule has 0 aliphatic carbocycles. The molecule has 0 spiro atoms. The number of nitrogens with one attached hydrogen (secondary N) is 1. The predicted molar refractivity (Wildman–Crippen MR) is 53.9 cm³/mol. The van der Waals surface area contributed by atoms with Gasteiger partial charge in [0.05, 0.1) is 6.07 Å². The van der Waals surface area contributed by atoms with Crippen molar-refractivity contribution in [3.8, 4) is 6.07 Å². The van der Waals surface area contributed by atoms with Gasteiger partial charge in [0, 0.05) is 10.0 Å². The third kappa shape index (κ3) is 2.60. The normalized spacial score (nSPS) is 12.2. The van der Waals surface area contributed by atoms with E-state index in [-0.39, 0.29) is 6.04 Å². The fraction of sp³-hybridized carbons (Fsp3) is 0.222. The average molecular weight is 215 g/mol. The molecule has 2 nitrogen and oxygen atoms in total. The molecular weight excluding hydrogens is 207 g/mol. The molecule has 0 fully saturated rings. The van der Waals surface area contributed by atoms with E-state index in [9.17, 15) is 0 Å². The van der Waals surface area contributed by atoms with E-state index in [4.69, 9.17) is 28.5 Å². The van der Waals surface area contributed by atoms with Crippen molar-refractivity contribution < 1.29 is 0 Å². The van der Waals surface area contributed by atoms with Gasteiger partial charge in [-0.1, -0.05) is 23.2 Å². The molecule has 1 atom stereocenters. The molecule has 68 valence electrons. The van der Waals surface area contributed by atoms with Crippen LogP contribution in [0.2, 0.25) is 10.0 Å². The minimum absolute atomic E-state index is 0.365. The molecule has 0 saturated heterocycles. The lowest BCUT2D eigenvalue weighted by Crippen LogP contribution is -2.13. The number of nitrogens with zero attached hydrogens (tertiary/aromatic N) is 1. The molecule has 1 rings (SSSR count). The number of halogens is 2. The molecule has 0 bridgehead atoms. The molecule has 1 aromatic carbocycles. The van der Waals surface area contributed by atoms with E-state index in [0.29, 0.717) is 10.0 Å². The summed E-state index contributed by atoms with van der Waals surface area (Å²) in [6.07, 6.45) is 0. The molecule has 4 heteroatoms. The van der Waals surface area contributed by atoms with Gasteiger partial charge in [0.2, 0.25) is 0 Å². The largest absolute Gasteiger partial charge is 0.301 e. The minimum atomic E-state index is -0.365. The van der Waals surface area contributed by atoms with Crippen molar-refractivity contribution in [1.82, 2.24) is 5.32 Å². The van der Waals surface area contributed by atoms with Crippen molar-refractivity contribution in [2.45, 2.75) is 6.04 Å². The third-order valence-electron chi connectivity index (χ3n) is 1.64.